The van der Waals surface area contributed by atoms with E-state index in [0.717, 1.165) is 18.2 Å². The van der Waals surface area contributed by atoms with Crippen molar-refractivity contribution in [1.29, 1.82) is 0 Å². The third-order valence-corrected chi connectivity index (χ3v) is 2.89. The van der Waals surface area contributed by atoms with E-state index < -0.39 is 33.1 Å². The first-order chi connectivity index (χ1) is 6.56. The molecule has 5 nitrogen and oxygen atoms in total. The predicted octanol–water partition coefficient (Wildman–Crippen LogP) is -2.76. The maximum atomic E-state index is 10.7. The van der Waals surface area contributed by atoms with Crippen molar-refractivity contribution in [2.45, 2.75) is 0 Å². The summed E-state index contributed by atoms with van der Waals surface area (Å²) in [6, 6.07) is 3.32. The van der Waals surface area contributed by atoms with Gasteiger partial charge in [0.1, 0.15) is 0 Å². The molecular formula is C8H4INaO5. The monoisotopic (exact) mass is 330 g/mol. The molecule has 1 N–H and O–H groups in total. The summed E-state index contributed by atoms with van der Waals surface area (Å²) in [5, 5.41) is 19.1. The number of carbonyl (C=O) groups excluding carboxylic acids is 1. The fourth-order valence-electron chi connectivity index (χ4n) is 0.878. The number of halogens is 1. The average Bonchev–Trinajstić information content (AvgIpc) is 2.16. The van der Waals surface area contributed by atoms with Crippen LogP contribution < -0.4 is 34.7 Å². The van der Waals surface area contributed by atoms with E-state index in [4.69, 9.17) is 5.11 Å². The Kier molecular flexibility index (Phi) is 6.18. The van der Waals surface area contributed by atoms with E-state index in [0.29, 0.717) is 0 Å². The molecule has 0 heterocycles. The fourth-order valence-corrected chi connectivity index (χ4v) is 1.98. The van der Waals surface area contributed by atoms with E-state index in [1.165, 1.54) is 0 Å². The minimum Gasteiger partial charge on any atom is -0.545 e. The van der Waals surface area contributed by atoms with Crippen LogP contribution in [0.15, 0.2) is 18.2 Å². The van der Waals surface area contributed by atoms with Gasteiger partial charge in [0.25, 0.3) is 0 Å². The van der Waals surface area contributed by atoms with E-state index in [1.54, 1.807) is 0 Å². The van der Waals surface area contributed by atoms with Gasteiger partial charge in [-0.2, -0.15) is 0 Å². The molecule has 74 valence electrons. The van der Waals surface area contributed by atoms with E-state index in [1.807, 2.05) is 0 Å². The minimum absolute atomic E-state index is 0. The Morgan fingerprint density at radius 2 is 1.93 bits per heavy atom. The third-order valence-electron chi connectivity index (χ3n) is 1.52. The van der Waals surface area contributed by atoms with Crippen LogP contribution >= 0.6 is 21.2 Å². The molecule has 7 heteroatoms. The van der Waals surface area contributed by atoms with Gasteiger partial charge in [-0.3, -0.25) is 3.07 Å². The summed E-state index contributed by atoms with van der Waals surface area (Å²) in [6.45, 7) is 0. The van der Waals surface area contributed by atoms with Crippen molar-refractivity contribution in [2.24, 2.45) is 0 Å². The zero-order chi connectivity index (χ0) is 10.7. The molecule has 0 fully saturated rings. The number of aromatic carboxylic acids is 2. The van der Waals surface area contributed by atoms with Crippen LogP contribution in [0.5, 0.6) is 0 Å². The van der Waals surface area contributed by atoms with Crippen LogP contribution in [0.3, 0.4) is 0 Å². The summed E-state index contributed by atoms with van der Waals surface area (Å²) < 4.78 is 10.7. The van der Waals surface area contributed by atoms with Crippen LogP contribution in [-0.4, -0.2) is 17.0 Å². The fraction of sp³-hybridized carbons (Fsp3) is 0. The van der Waals surface area contributed by atoms with Crippen molar-refractivity contribution in [1.82, 2.24) is 0 Å². The standard InChI is InChI=1S/C8H5IO5.Na/c10-7(11)4-1-2-5(8(12)13)6(3-4)9-14;/h1-3H,(H,10,11)(H,12,13);/q;+1/p-1. The summed E-state index contributed by atoms with van der Waals surface area (Å²) in [7, 11) is 0. The van der Waals surface area contributed by atoms with Crippen LogP contribution in [0.4, 0.5) is 0 Å². The van der Waals surface area contributed by atoms with Crippen molar-refractivity contribution in [2.75, 3.05) is 0 Å². The van der Waals surface area contributed by atoms with Gasteiger partial charge < -0.3 is 15.0 Å². The number of carboxylic acids is 2. The smallest absolute Gasteiger partial charge is 0.545 e. The number of rotatable bonds is 3. The molecule has 0 atom stereocenters. The molecule has 1 aromatic carbocycles. The topological polar surface area (TPSA) is 94.5 Å². The van der Waals surface area contributed by atoms with Gasteiger partial charge >= 0.3 is 35.5 Å². The Morgan fingerprint density at radius 1 is 1.33 bits per heavy atom. The summed E-state index contributed by atoms with van der Waals surface area (Å²) in [4.78, 5) is 21.0. The molecule has 1 rings (SSSR count). The van der Waals surface area contributed by atoms with Gasteiger partial charge in [-0.1, -0.05) is 6.07 Å². The van der Waals surface area contributed by atoms with Gasteiger partial charge in [0.05, 0.1) is 15.1 Å². The maximum Gasteiger partial charge on any atom is 1.00 e. The summed E-state index contributed by atoms with van der Waals surface area (Å²) >= 11 is -1.72. The first-order valence-electron chi connectivity index (χ1n) is 3.42. The number of hydrogen-bond donors (Lipinski definition) is 1. The van der Waals surface area contributed by atoms with Gasteiger partial charge in [-0.15, -0.1) is 0 Å². The van der Waals surface area contributed by atoms with E-state index in [9.17, 15) is 17.8 Å². The van der Waals surface area contributed by atoms with Crippen molar-refractivity contribution < 1.29 is 52.4 Å². The van der Waals surface area contributed by atoms with Crippen molar-refractivity contribution in [3.05, 3.63) is 32.9 Å². The molecule has 0 aromatic heterocycles. The second-order valence-corrected chi connectivity index (χ2v) is 3.97. The maximum absolute atomic E-state index is 10.7. The first-order valence-corrected chi connectivity index (χ1v) is 5.38. The van der Waals surface area contributed by atoms with Crippen LogP contribution in [0.1, 0.15) is 20.7 Å². The molecule has 1 aromatic rings. The molecule has 15 heavy (non-hydrogen) atoms. The molecule has 0 unspecified atom stereocenters. The normalized spacial score (nSPS) is 9.07. The molecule has 0 aliphatic carbocycles. The molecule has 0 saturated carbocycles. The molecule has 0 spiro atoms. The van der Waals surface area contributed by atoms with Crippen LogP contribution in [0, 0.1) is 3.57 Å². The van der Waals surface area contributed by atoms with Crippen LogP contribution in [-0.2, 0) is 3.07 Å². The van der Waals surface area contributed by atoms with Gasteiger partial charge in [-0.25, -0.2) is 4.79 Å². The molecule has 0 saturated heterocycles. The summed E-state index contributed by atoms with van der Waals surface area (Å²) in [5.74, 6) is -2.64. The van der Waals surface area contributed by atoms with Gasteiger partial charge in [0, 0.05) is 5.56 Å². The zero-order valence-corrected chi connectivity index (χ0v) is 11.8. The third kappa shape index (κ3) is 3.63. The minimum atomic E-state index is -1.72. The molecule has 0 aliphatic heterocycles. The number of carboxylic acid groups (broad SMARTS) is 2. The number of carbonyl (C=O) groups is 2. The molecule has 0 bridgehead atoms. The Bertz CT molecular complexity index is 417. The summed E-state index contributed by atoms with van der Waals surface area (Å²) in [5.41, 5.74) is -0.293. The Balaban J connectivity index is 0.00000196. The Hall–Kier alpha value is -0.310. The first kappa shape index (κ1) is 14.7. The quantitative estimate of drug-likeness (QED) is 0.479. The van der Waals surface area contributed by atoms with Gasteiger partial charge in [0.2, 0.25) is 0 Å². The second kappa shape index (κ2) is 6.31. The molecular weight excluding hydrogens is 326 g/mol. The number of benzene rings is 1. The molecule has 0 aliphatic rings. The van der Waals surface area contributed by atoms with Crippen molar-refractivity contribution >= 4 is 33.1 Å². The van der Waals surface area contributed by atoms with E-state index >= 15 is 0 Å². The predicted molar refractivity (Wildman–Crippen MR) is 51.1 cm³/mol. The second-order valence-electron chi connectivity index (χ2n) is 2.36. The average molecular weight is 330 g/mol. The van der Waals surface area contributed by atoms with E-state index in [-0.39, 0.29) is 44.3 Å². The molecule has 0 amide bonds. The van der Waals surface area contributed by atoms with Crippen LogP contribution in [0.2, 0.25) is 0 Å². The SMILES string of the molecule is O=Ic1cc(C(=O)O)ccc1C(=O)[O-].[Na+]. The Labute approximate surface area is 117 Å². The van der Waals surface area contributed by atoms with Gasteiger partial charge in [-0.05, 0) is 12.1 Å². The molecule has 0 radical (unpaired) electrons. The zero-order valence-electron chi connectivity index (χ0n) is 7.69. The largest absolute Gasteiger partial charge is 1.00 e. The van der Waals surface area contributed by atoms with Crippen molar-refractivity contribution in [3.63, 3.8) is 0 Å². The van der Waals surface area contributed by atoms with Gasteiger partial charge in [0.15, 0.2) is 21.2 Å². The number of hydrogen-bond acceptors (Lipinski definition) is 4. The van der Waals surface area contributed by atoms with E-state index in [2.05, 4.69) is 0 Å². The summed E-state index contributed by atoms with van der Waals surface area (Å²) in [6.07, 6.45) is 0. The Morgan fingerprint density at radius 3 is 2.33 bits per heavy atom. The van der Waals surface area contributed by atoms with Crippen LogP contribution in [0.25, 0.3) is 0 Å². The van der Waals surface area contributed by atoms with Crippen molar-refractivity contribution in [3.8, 4) is 0 Å².